The highest BCUT2D eigenvalue weighted by Gasteiger charge is 2.45. The molecule has 0 radical (unpaired) electrons. The zero-order chi connectivity index (χ0) is 25.2. The standard InChI is InChI=1S/C27H26F3N3O2/c1-27(2,3)35-26(34)33-24(19-12-8-5-9-13-19)23(18-10-6-4-7-11-18)32-25(33)31-16-17-14-20(28)22(30)21(29)15-17/h4-15,23-24H,16H2,1-3H3,(H,31,32)/t23-,24+/m1/s1. The van der Waals surface area contributed by atoms with E-state index in [1.807, 2.05) is 60.7 Å². The predicted octanol–water partition coefficient (Wildman–Crippen LogP) is 6.28. The van der Waals surface area contributed by atoms with Crippen molar-refractivity contribution in [2.45, 2.75) is 45.0 Å². The number of amides is 1. The van der Waals surface area contributed by atoms with E-state index < -0.39 is 35.2 Å². The van der Waals surface area contributed by atoms with Gasteiger partial charge in [-0.05, 0) is 49.6 Å². The zero-order valence-electron chi connectivity index (χ0n) is 19.6. The lowest BCUT2D eigenvalue weighted by Gasteiger charge is -2.29. The number of hydrogen-bond donors (Lipinski definition) is 1. The number of aliphatic imine (C=N–C) groups is 1. The topological polar surface area (TPSA) is 53.9 Å². The van der Waals surface area contributed by atoms with Crippen LogP contribution in [0, 0.1) is 17.5 Å². The van der Waals surface area contributed by atoms with Gasteiger partial charge in [0.1, 0.15) is 5.60 Å². The summed E-state index contributed by atoms with van der Waals surface area (Å²) in [5.41, 5.74) is 1.12. The normalized spacial score (nSPS) is 19.0. The van der Waals surface area contributed by atoms with Gasteiger partial charge in [0.2, 0.25) is 5.96 Å². The highest BCUT2D eigenvalue weighted by molar-refractivity contribution is 5.97. The Balaban J connectivity index is 1.78. The summed E-state index contributed by atoms with van der Waals surface area (Å²) in [6.45, 7) is 5.11. The predicted molar refractivity (Wildman–Crippen MR) is 127 cm³/mol. The molecular formula is C27H26F3N3O2. The first-order chi connectivity index (χ1) is 16.6. The first kappa shape index (κ1) is 24.3. The highest BCUT2D eigenvalue weighted by atomic mass is 19.2. The van der Waals surface area contributed by atoms with Crippen molar-refractivity contribution in [3.63, 3.8) is 0 Å². The molecule has 0 aliphatic carbocycles. The molecule has 1 fully saturated rings. The van der Waals surface area contributed by atoms with E-state index in [-0.39, 0.29) is 24.1 Å². The highest BCUT2D eigenvalue weighted by Crippen LogP contribution is 2.40. The Labute approximate surface area is 202 Å². The molecule has 1 amide bonds. The lowest BCUT2D eigenvalue weighted by molar-refractivity contribution is 0.0320. The Morgan fingerprint density at radius 2 is 1.49 bits per heavy atom. The number of nitrogens with zero attached hydrogens (tertiary/aromatic N) is 2. The molecule has 1 N–H and O–H groups in total. The SMILES string of the molecule is CC(C)(C)OC(=O)N1C(=NCc2cc(F)c(F)c(F)c2)N[C@H](c2ccccc2)[C@@H]1c1ccccc1. The molecular weight excluding hydrogens is 455 g/mol. The number of guanidine groups is 1. The smallest absolute Gasteiger partial charge is 0.417 e. The first-order valence-corrected chi connectivity index (χ1v) is 11.2. The first-order valence-electron chi connectivity index (χ1n) is 11.2. The summed E-state index contributed by atoms with van der Waals surface area (Å²) in [6.07, 6.45) is -0.618. The second-order valence-corrected chi connectivity index (χ2v) is 9.25. The summed E-state index contributed by atoms with van der Waals surface area (Å²) in [5, 5.41) is 3.30. The summed E-state index contributed by atoms with van der Waals surface area (Å²) < 4.78 is 46.5. The van der Waals surface area contributed by atoms with Crippen LogP contribution < -0.4 is 5.32 Å². The van der Waals surface area contributed by atoms with Crippen LogP contribution in [0.3, 0.4) is 0 Å². The van der Waals surface area contributed by atoms with Gasteiger partial charge >= 0.3 is 6.09 Å². The van der Waals surface area contributed by atoms with Gasteiger partial charge in [0.05, 0.1) is 18.6 Å². The molecule has 5 nitrogen and oxygen atoms in total. The molecule has 4 rings (SSSR count). The summed E-state index contributed by atoms with van der Waals surface area (Å²) >= 11 is 0. The largest absolute Gasteiger partial charge is 0.443 e. The summed E-state index contributed by atoms with van der Waals surface area (Å²) in [7, 11) is 0. The van der Waals surface area contributed by atoms with Gasteiger partial charge in [-0.25, -0.2) is 27.9 Å². The van der Waals surface area contributed by atoms with Gasteiger partial charge in [-0.2, -0.15) is 0 Å². The number of benzene rings is 3. The van der Waals surface area contributed by atoms with Gasteiger partial charge in [-0.3, -0.25) is 0 Å². The van der Waals surface area contributed by atoms with Crippen LogP contribution in [0.15, 0.2) is 77.8 Å². The molecule has 0 saturated carbocycles. The maximum atomic E-state index is 13.7. The van der Waals surface area contributed by atoms with Crippen LogP contribution in [-0.2, 0) is 11.3 Å². The van der Waals surface area contributed by atoms with E-state index in [2.05, 4.69) is 10.3 Å². The summed E-state index contributed by atoms with van der Waals surface area (Å²) in [6, 6.07) is 19.9. The van der Waals surface area contributed by atoms with Gasteiger partial charge in [0.25, 0.3) is 0 Å². The molecule has 35 heavy (non-hydrogen) atoms. The molecule has 1 heterocycles. The van der Waals surface area contributed by atoms with Crippen molar-refractivity contribution in [1.82, 2.24) is 10.2 Å². The van der Waals surface area contributed by atoms with Crippen molar-refractivity contribution in [3.8, 4) is 0 Å². The second-order valence-electron chi connectivity index (χ2n) is 9.25. The van der Waals surface area contributed by atoms with E-state index in [0.717, 1.165) is 23.3 Å². The minimum absolute atomic E-state index is 0.124. The molecule has 0 spiro atoms. The molecule has 1 aliphatic heterocycles. The van der Waals surface area contributed by atoms with Crippen molar-refractivity contribution in [1.29, 1.82) is 0 Å². The zero-order valence-corrected chi connectivity index (χ0v) is 19.6. The minimum Gasteiger partial charge on any atom is -0.443 e. The average Bonchev–Trinajstić information content (AvgIpc) is 3.21. The molecule has 8 heteroatoms. The molecule has 0 unspecified atom stereocenters. The molecule has 3 aromatic rings. The number of rotatable bonds is 4. The number of halogens is 3. The van der Waals surface area contributed by atoms with Gasteiger partial charge in [0.15, 0.2) is 17.5 Å². The third-order valence-corrected chi connectivity index (χ3v) is 5.45. The van der Waals surface area contributed by atoms with Crippen molar-refractivity contribution in [2.24, 2.45) is 4.99 Å². The number of nitrogens with one attached hydrogen (secondary N) is 1. The van der Waals surface area contributed by atoms with Crippen molar-refractivity contribution < 1.29 is 22.7 Å². The van der Waals surface area contributed by atoms with Crippen LogP contribution in [0.25, 0.3) is 0 Å². The molecule has 3 aromatic carbocycles. The van der Waals surface area contributed by atoms with E-state index in [1.54, 1.807) is 20.8 Å². The Morgan fingerprint density at radius 3 is 2.03 bits per heavy atom. The van der Waals surface area contributed by atoms with Crippen LogP contribution in [0.4, 0.5) is 18.0 Å². The number of hydrogen-bond acceptors (Lipinski definition) is 3. The Hall–Kier alpha value is -3.81. The number of ether oxygens (including phenoxy) is 1. The van der Waals surface area contributed by atoms with Gasteiger partial charge in [-0.1, -0.05) is 60.7 Å². The van der Waals surface area contributed by atoms with Crippen molar-refractivity contribution in [2.75, 3.05) is 0 Å². The molecule has 0 bridgehead atoms. The van der Waals surface area contributed by atoms with E-state index in [0.29, 0.717) is 0 Å². The van der Waals surface area contributed by atoms with E-state index in [4.69, 9.17) is 4.74 Å². The quantitative estimate of drug-likeness (QED) is 0.446. The van der Waals surface area contributed by atoms with Crippen molar-refractivity contribution >= 4 is 12.1 Å². The summed E-state index contributed by atoms with van der Waals surface area (Å²) in [5.74, 6) is -3.95. The fourth-order valence-corrected chi connectivity index (χ4v) is 3.98. The molecule has 1 saturated heterocycles. The van der Waals surface area contributed by atoms with Gasteiger partial charge in [0, 0.05) is 0 Å². The van der Waals surface area contributed by atoms with E-state index in [1.165, 1.54) is 4.90 Å². The lowest BCUT2D eigenvalue weighted by atomic mass is 9.94. The number of carbonyl (C=O) groups is 1. The third-order valence-electron chi connectivity index (χ3n) is 5.45. The molecule has 2 atom stereocenters. The average molecular weight is 482 g/mol. The fourth-order valence-electron chi connectivity index (χ4n) is 3.98. The van der Waals surface area contributed by atoms with E-state index in [9.17, 15) is 18.0 Å². The molecule has 182 valence electrons. The van der Waals surface area contributed by atoms with Crippen LogP contribution in [0.5, 0.6) is 0 Å². The molecule has 0 aromatic heterocycles. The van der Waals surface area contributed by atoms with Gasteiger partial charge < -0.3 is 10.1 Å². The van der Waals surface area contributed by atoms with Crippen LogP contribution >= 0.6 is 0 Å². The Morgan fingerprint density at radius 1 is 0.943 bits per heavy atom. The monoisotopic (exact) mass is 481 g/mol. The van der Waals surface area contributed by atoms with Crippen LogP contribution in [0.2, 0.25) is 0 Å². The van der Waals surface area contributed by atoms with Gasteiger partial charge in [-0.15, -0.1) is 0 Å². The Bertz CT molecular complexity index is 1200. The minimum atomic E-state index is -1.54. The maximum Gasteiger partial charge on any atom is 0.417 e. The van der Waals surface area contributed by atoms with Crippen LogP contribution in [0.1, 0.15) is 49.5 Å². The maximum absolute atomic E-state index is 13.7. The lowest BCUT2D eigenvalue weighted by Crippen LogP contribution is -2.41. The van der Waals surface area contributed by atoms with Crippen LogP contribution in [-0.4, -0.2) is 22.6 Å². The number of carbonyl (C=O) groups excluding carboxylic acids is 1. The fraction of sp³-hybridized carbons (Fsp3) is 0.259. The molecule has 1 aliphatic rings. The summed E-state index contributed by atoms with van der Waals surface area (Å²) in [4.78, 5) is 19.3. The van der Waals surface area contributed by atoms with Crippen molar-refractivity contribution in [3.05, 3.63) is 107 Å². The van der Waals surface area contributed by atoms with E-state index >= 15 is 0 Å². The second kappa shape index (κ2) is 9.82. The Kier molecular flexibility index (Phi) is 6.82. The third kappa shape index (κ3) is 5.48.